The van der Waals surface area contributed by atoms with E-state index in [0.29, 0.717) is 30.9 Å². The van der Waals surface area contributed by atoms with E-state index in [2.05, 4.69) is 37.9 Å². The number of nitrogens with two attached hydrogens (primary N) is 1. The Morgan fingerprint density at radius 1 is 0.962 bits per heavy atom. The number of anilines is 1. The van der Waals surface area contributed by atoms with Gasteiger partial charge in [0.1, 0.15) is 6.04 Å². The number of benzene rings is 3. The van der Waals surface area contributed by atoms with Crippen LogP contribution in [0.4, 0.5) is 18.9 Å². The van der Waals surface area contributed by atoms with Gasteiger partial charge in [0.2, 0.25) is 17.6 Å². The van der Waals surface area contributed by atoms with E-state index in [1.807, 2.05) is 49.4 Å². The standard InChI is InChI=1S/C39H46F3N7O3.ClH/c1-23-19-28(36(51)44-29-15-17-49(2)18-16-29)11-13-31(23)26-7-3-24(4-8-26)20-34(46-35(50)27-9-5-25(22-43)6-10-27)37(52)45-30-12-14-32-33(21-30)48-38(47-32)39(40,41)42;/h3-4,7-8,11-14,19,21,25,27,29,34H,5-6,9-10,15-18,20,22,43H2,1-2H3,(H,44,51)(H,45,52)(H,46,50)(H,47,48);1H/t25-,27-,34-;/m0./s1. The second-order valence-corrected chi connectivity index (χ2v) is 14.3. The lowest BCUT2D eigenvalue weighted by Gasteiger charge is -2.29. The number of nitrogens with zero attached hydrogens (tertiary/aromatic N) is 2. The summed E-state index contributed by atoms with van der Waals surface area (Å²) in [5.74, 6) is -1.75. The molecular formula is C39H47ClF3N7O3. The number of aryl methyl sites for hydroxylation is 1. The quantitative estimate of drug-likeness (QED) is 0.130. The van der Waals surface area contributed by atoms with Crippen molar-refractivity contribution in [3.63, 3.8) is 0 Å². The first-order chi connectivity index (χ1) is 24.9. The Morgan fingerprint density at radius 3 is 2.30 bits per heavy atom. The molecule has 2 aliphatic rings. The number of amides is 3. The number of hydrogen-bond acceptors (Lipinski definition) is 6. The lowest BCUT2D eigenvalue weighted by molar-refractivity contribution is -0.144. The van der Waals surface area contributed by atoms with E-state index in [0.717, 1.165) is 61.0 Å². The average Bonchev–Trinajstić information content (AvgIpc) is 3.57. The molecule has 53 heavy (non-hydrogen) atoms. The third kappa shape index (κ3) is 9.95. The van der Waals surface area contributed by atoms with Crippen LogP contribution in [0.3, 0.4) is 0 Å². The van der Waals surface area contributed by atoms with Gasteiger partial charge >= 0.3 is 6.18 Å². The van der Waals surface area contributed by atoms with Crippen molar-refractivity contribution in [1.29, 1.82) is 0 Å². The first-order valence-corrected chi connectivity index (χ1v) is 17.9. The van der Waals surface area contributed by atoms with E-state index in [9.17, 15) is 27.6 Å². The molecule has 6 rings (SSSR count). The molecule has 14 heteroatoms. The lowest BCUT2D eigenvalue weighted by atomic mass is 9.81. The number of alkyl halides is 3. The summed E-state index contributed by atoms with van der Waals surface area (Å²) in [6.45, 7) is 4.47. The van der Waals surface area contributed by atoms with Crippen molar-refractivity contribution in [2.24, 2.45) is 17.6 Å². The molecule has 0 radical (unpaired) electrons. The first kappa shape index (κ1) is 39.7. The molecule has 0 unspecified atom stereocenters. The van der Waals surface area contributed by atoms with Crippen LogP contribution in [0.25, 0.3) is 22.2 Å². The fourth-order valence-electron chi connectivity index (χ4n) is 7.21. The highest BCUT2D eigenvalue weighted by Crippen LogP contribution is 2.31. The molecule has 10 nitrogen and oxygen atoms in total. The lowest BCUT2D eigenvalue weighted by Crippen LogP contribution is -2.48. The third-order valence-corrected chi connectivity index (χ3v) is 10.5. The van der Waals surface area contributed by atoms with Gasteiger partial charge in [-0.1, -0.05) is 30.3 Å². The zero-order valence-corrected chi connectivity index (χ0v) is 30.7. The van der Waals surface area contributed by atoms with Crippen molar-refractivity contribution < 1.29 is 27.6 Å². The maximum atomic E-state index is 13.7. The number of nitrogens with one attached hydrogen (secondary N) is 4. The molecule has 1 saturated heterocycles. The topological polar surface area (TPSA) is 145 Å². The highest BCUT2D eigenvalue weighted by molar-refractivity contribution is 5.99. The van der Waals surface area contributed by atoms with Crippen molar-refractivity contribution in [3.05, 3.63) is 83.2 Å². The number of rotatable bonds is 10. The minimum Gasteiger partial charge on any atom is -0.349 e. The summed E-state index contributed by atoms with van der Waals surface area (Å²) in [6, 6.07) is 16.9. The molecule has 0 spiro atoms. The highest BCUT2D eigenvalue weighted by atomic mass is 35.5. The van der Waals surface area contributed by atoms with Gasteiger partial charge in [-0.15, -0.1) is 12.4 Å². The molecule has 284 valence electrons. The number of aromatic nitrogens is 2. The maximum Gasteiger partial charge on any atom is 0.449 e. The predicted octanol–water partition coefficient (Wildman–Crippen LogP) is 6.23. The summed E-state index contributed by atoms with van der Waals surface area (Å²) >= 11 is 0. The van der Waals surface area contributed by atoms with Crippen LogP contribution in [0.5, 0.6) is 0 Å². The smallest absolute Gasteiger partial charge is 0.349 e. The number of imidazole rings is 1. The van der Waals surface area contributed by atoms with Crippen LogP contribution in [0.15, 0.2) is 60.7 Å². The van der Waals surface area contributed by atoms with Crippen molar-refractivity contribution in [3.8, 4) is 11.1 Å². The van der Waals surface area contributed by atoms with Crippen molar-refractivity contribution in [2.75, 3.05) is 32.0 Å². The minimum atomic E-state index is -4.64. The number of H-pyrrole nitrogens is 1. The minimum absolute atomic E-state index is 0. The number of hydrogen-bond donors (Lipinski definition) is 5. The molecule has 0 bridgehead atoms. The van der Waals surface area contributed by atoms with E-state index in [1.165, 1.54) is 18.2 Å². The summed E-state index contributed by atoms with van der Waals surface area (Å²) in [5, 5.41) is 8.90. The van der Waals surface area contributed by atoms with Crippen molar-refractivity contribution in [1.82, 2.24) is 25.5 Å². The number of piperidine rings is 1. The molecule has 1 aliphatic carbocycles. The molecule has 2 heterocycles. The Balaban J connectivity index is 0.00000541. The number of aromatic amines is 1. The number of halogens is 4. The fourth-order valence-corrected chi connectivity index (χ4v) is 7.21. The number of fused-ring (bicyclic) bond motifs is 1. The third-order valence-electron chi connectivity index (χ3n) is 10.5. The zero-order valence-electron chi connectivity index (χ0n) is 29.9. The van der Waals surface area contributed by atoms with Gasteiger partial charge in [0.05, 0.1) is 11.0 Å². The average molecular weight is 754 g/mol. The van der Waals surface area contributed by atoms with Crippen molar-refractivity contribution >= 4 is 46.8 Å². The van der Waals surface area contributed by atoms with E-state index < -0.39 is 23.9 Å². The second kappa shape index (κ2) is 17.1. The highest BCUT2D eigenvalue weighted by Gasteiger charge is 2.35. The van der Waals surface area contributed by atoms with Gasteiger partial charge < -0.3 is 31.6 Å². The van der Waals surface area contributed by atoms with Crippen LogP contribution in [0.2, 0.25) is 0 Å². The fraction of sp³-hybridized carbons (Fsp3) is 0.436. The van der Waals surface area contributed by atoms with Crippen LogP contribution >= 0.6 is 12.4 Å². The molecule has 1 aromatic heterocycles. The number of carbonyl (C=O) groups is 3. The summed E-state index contributed by atoms with van der Waals surface area (Å²) in [7, 11) is 2.09. The summed E-state index contributed by atoms with van der Waals surface area (Å²) in [4.78, 5) is 48.3. The van der Waals surface area contributed by atoms with Crippen molar-refractivity contribution in [2.45, 2.75) is 70.1 Å². The molecular weight excluding hydrogens is 707 g/mol. The van der Waals surface area contributed by atoms with Gasteiger partial charge in [0, 0.05) is 29.6 Å². The Bertz CT molecular complexity index is 1900. The van der Waals surface area contributed by atoms with Gasteiger partial charge in [-0.3, -0.25) is 14.4 Å². The first-order valence-electron chi connectivity index (χ1n) is 17.9. The Labute approximate surface area is 313 Å². The molecule has 6 N–H and O–H groups in total. The number of likely N-dealkylation sites (tertiary alicyclic amines) is 1. The molecule has 1 aliphatic heterocycles. The van der Waals surface area contributed by atoms with Crippen LogP contribution in [-0.4, -0.2) is 71.4 Å². The van der Waals surface area contributed by atoms with E-state index in [1.54, 1.807) is 0 Å². The SMILES string of the molecule is Cc1cc(C(=O)NC2CCN(C)CC2)ccc1-c1ccc(C[C@H](NC(=O)[C@H]2CC[C@H](CN)CC2)C(=O)Nc2ccc3[nH]c(C(F)(F)F)nc3c2)cc1.Cl. The van der Waals surface area contributed by atoms with E-state index in [-0.39, 0.29) is 59.3 Å². The Hall–Kier alpha value is -4.46. The van der Waals surface area contributed by atoms with Crippen LogP contribution in [-0.2, 0) is 22.2 Å². The zero-order chi connectivity index (χ0) is 37.0. The Kier molecular flexibility index (Phi) is 12.8. The van der Waals surface area contributed by atoms with Gasteiger partial charge in [-0.2, -0.15) is 13.2 Å². The number of carbonyl (C=O) groups excluding carboxylic acids is 3. The van der Waals surface area contributed by atoms with E-state index >= 15 is 0 Å². The monoisotopic (exact) mass is 753 g/mol. The Morgan fingerprint density at radius 2 is 1.66 bits per heavy atom. The normalized spacial score (nSPS) is 18.9. The molecule has 4 aromatic rings. The largest absolute Gasteiger partial charge is 0.449 e. The molecule has 1 atom stereocenters. The van der Waals surface area contributed by atoms with Crippen LogP contribution in [0, 0.1) is 18.8 Å². The molecule has 3 amide bonds. The van der Waals surface area contributed by atoms with Gasteiger partial charge in [-0.25, -0.2) is 4.98 Å². The molecule has 3 aromatic carbocycles. The van der Waals surface area contributed by atoms with Crippen LogP contribution < -0.4 is 21.7 Å². The van der Waals surface area contributed by atoms with Gasteiger partial charge in [0.25, 0.3) is 5.91 Å². The van der Waals surface area contributed by atoms with E-state index in [4.69, 9.17) is 5.73 Å². The second-order valence-electron chi connectivity index (χ2n) is 14.3. The summed E-state index contributed by atoms with van der Waals surface area (Å²) in [5.41, 5.74) is 10.6. The summed E-state index contributed by atoms with van der Waals surface area (Å²) < 4.78 is 39.6. The van der Waals surface area contributed by atoms with Gasteiger partial charge in [0.15, 0.2) is 0 Å². The van der Waals surface area contributed by atoms with Crippen LogP contribution in [0.1, 0.15) is 65.8 Å². The predicted molar refractivity (Wildman–Crippen MR) is 202 cm³/mol. The van der Waals surface area contributed by atoms with Gasteiger partial charge in [-0.05, 0) is 131 Å². The molecule has 1 saturated carbocycles. The molecule has 2 fully saturated rings. The summed E-state index contributed by atoms with van der Waals surface area (Å²) in [6.07, 6.45) is 0.481. The maximum absolute atomic E-state index is 13.7.